The summed E-state index contributed by atoms with van der Waals surface area (Å²) in [6.07, 6.45) is 0. The van der Waals surface area contributed by atoms with Crippen LogP contribution in [0.2, 0.25) is 0 Å². The van der Waals surface area contributed by atoms with Crippen molar-refractivity contribution in [3.05, 3.63) is 0 Å². The number of rotatable bonds is 0. The molecular weight excluding hydrogens is 252 g/mol. The van der Waals surface area contributed by atoms with Gasteiger partial charge in [-0.15, -0.1) is 0 Å². The largest absolute Gasteiger partial charge is 0.502 e. The molecule has 0 aromatic carbocycles. The van der Waals surface area contributed by atoms with Crippen LogP contribution in [0.25, 0.3) is 0 Å². The fraction of sp³-hybridized carbons (Fsp3) is 1.00. The van der Waals surface area contributed by atoms with E-state index >= 15 is 0 Å². The number of hydrogen-bond donors (Lipinski definition) is 3. The van der Waals surface area contributed by atoms with Crippen LogP contribution in [-0.4, -0.2) is 52.0 Å². The summed E-state index contributed by atoms with van der Waals surface area (Å²) >= 11 is 0. The quantitative estimate of drug-likeness (QED) is 0.438. The molecule has 3 N–H and O–H groups in total. The smallest absolute Gasteiger partial charge is 0.161 e. The molecule has 0 bridgehead atoms. The van der Waals surface area contributed by atoms with Crippen LogP contribution in [0, 0.1) is 0 Å². The third-order valence-electron chi connectivity index (χ3n) is 0. The highest BCUT2D eigenvalue weighted by atomic mass is 31.1. The van der Waals surface area contributed by atoms with Crippen molar-refractivity contribution in [2.24, 2.45) is 0 Å². The van der Waals surface area contributed by atoms with E-state index in [2.05, 4.69) is 0 Å². The summed E-state index contributed by atoms with van der Waals surface area (Å²) in [7, 11) is -5.61. The molecule has 0 heterocycles. The lowest BCUT2D eigenvalue weighted by molar-refractivity contribution is 0.508. The van der Waals surface area contributed by atoms with Gasteiger partial charge in [0.05, 0.1) is 0 Å². The molecular formula is C3H12AlO6P3+3. The highest BCUT2D eigenvalue weighted by Crippen LogP contribution is 2.00. The van der Waals surface area contributed by atoms with Gasteiger partial charge in [0.1, 0.15) is 0 Å². The van der Waals surface area contributed by atoms with E-state index in [1.165, 1.54) is 20.0 Å². The van der Waals surface area contributed by atoms with Gasteiger partial charge >= 0.3 is 24.1 Å². The lowest BCUT2D eigenvalue weighted by atomic mass is 12.0. The minimum Gasteiger partial charge on any atom is -0.161 e. The Morgan fingerprint density at radius 1 is 0.692 bits per heavy atom. The predicted octanol–water partition coefficient (Wildman–Crippen LogP) is 0.672. The topological polar surface area (TPSA) is 112 Å². The first-order valence-electron chi connectivity index (χ1n) is 2.49. The molecule has 0 saturated carbocycles. The molecule has 75 valence electrons. The molecule has 0 amide bonds. The van der Waals surface area contributed by atoms with Crippen LogP contribution in [0.5, 0.6) is 0 Å². The van der Waals surface area contributed by atoms with Crippen molar-refractivity contribution in [3.8, 4) is 0 Å². The van der Waals surface area contributed by atoms with E-state index < -0.39 is 24.1 Å². The van der Waals surface area contributed by atoms with E-state index in [1.807, 2.05) is 0 Å². The highest BCUT2D eigenvalue weighted by Gasteiger charge is 1.86. The van der Waals surface area contributed by atoms with Crippen LogP contribution in [0.3, 0.4) is 0 Å². The van der Waals surface area contributed by atoms with Gasteiger partial charge in [0.2, 0.25) is 0 Å². The Labute approximate surface area is 90.1 Å². The van der Waals surface area contributed by atoms with Gasteiger partial charge in [-0.1, -0.05) is 0 Å². The van der Waals surface area contributed by atoms with Crippen molar-refractivity contribution in [1.82, 2.24) is 0 Å². The third kappa shape index (κ3) is 2870. The molecule has 0 saturated heterocycles. The zero-order chi connectivity index (χ0) is 10.7. The van der Waals surface area contributed by atoms with Crippen molar-refractivity contribution >= 4 is 41.4 Å². The van der Waals surface area contributed by atoms with Gasteiger partial charge < -0.3 is 0 Å². The summed E-state index contributed by atoms with van der Waals surface area (Å²) in [5.74, 6) is 0. The van der Waals surface area contributed by atoms with Gasteiger partial charge in [-0.05, 0) is 13.7 Å². The lowest BCUT2D eigenvalue weighted by Gasteiger charge is -1.36. The third-order valence-corrected chi connectivity index (χ3v) is 0. The second kappa shape index (κ2) is 18.5. The zero-order valence-corrected chi connectivity index (χ0v) is 11.3. The predicted molar refractivity (Wildman–Crippen MR) is 53.0 cm³/mol. The van der Waals surface area contributed by atoms with Gasteiger partial charge in [0.25, 0.3) is 0 Å². The molecule has 3 unspecified atom stereocenters. The first kappa shape index (κ1) is 23.5. The number of hydrogen-bond acceptors (Lipinski definition) is 3. The monoisotopic (exact) mass is 264 g/mol. The first-order valence-corrected chi connectivity index (χ1v) is 7.47. The van der Waals surface area contributed by atoms with E-state index in [9.17, 15) is 0 Å². The van der Waals surface area contributed by atoms with Crippen LogP contribution in [0.1, 0.15) is 0 Å². The van der Waals surface area contributed by atoms with Crippen molar-refractivity contribution in [2.45, 2.75) is 0 Å². The Kier molecular flexibility index (Phi) is 33.4. The summed E-state index contributed by atoms with van der Waals surface area (Å²) < 4.78 is 27.4. The Morgan fingerprint density at radius 3 is 0.692 bits per heavy atom. The van der Waals surface area contributed by atoms with Gasteiger partial charge in [0, 0.05) is 17.4 Å². The molecule has 3 radical (unpaired) electrons. The van der Waals surface area contributed by atoms with Crippen molar-refractivity contribution < 1.29 is 28.4 Å². The molecule has 0 aromatic rings. The van der Waals surface area contributed by atoms with Crippen LogP contribution in [0.4, 0.5) is 0 Å². The molecule has 0 aliphatic heterocycles. The molecule has 0 aromatic heterocycles. The fourth-order valence-corrected chi connectivity index (χ4v) is 0. The molecule has 10 heteroatoms. The van der Waals surface area contributed by atoms with E-state index in [0.29, 0.717) is 0 Å². The van der Waals surface area contributed by atoms with Crippen molar-refractivity contribution in [2.75, 3.05) is 20.0 Å². The average Bonchev–Trinajstić information content (AvgIpc) is 1.54. The Bertz CT molecular complexity index is 121. The molecule has 0 aliphatic rings. The van der Waals surface area contributed by atoms with E-state index in [1.54, 1.807) is 0 Å². The van der Waals surface area contributed by atoms with Gasteiger partial charge in [-0.3, -0.25) is 0 Å². The lowest BCUT2D eigenvalue weighted by Crippen LogP contribution is -1.35. The Balaban J connectivity index is -0.0000000450. The molecule has 13 heavy (non-hydrogen) atoms. The van der Waals surface area contributed by atoms with Crippen LogP contribution in [0.15, 0.2) is 0 Å². The van der Waals surface area contributed by atoms with E-state index in [0.717, 1.165) is 0 Å². The summed E-state index contributed by atoms with van der Waals surface area (Å²) in [6, 6.07) is 0. The SMILES string of the molecule is C[P+](=O)O.C[P+](=O)O.C[P+](=O)O.[Al]. The maximum Gasteiger partial charge on any atom is 0.502 e. The summed E-state index contributed by atoms with van der Waals surface area (Å²) in [6.45, 7) is 3.69. The van der Waals surface area contributed by atoms with E-state index in [-0.39, 0.29) is 17.4 Å². The van der Waals surface area contributed by atoms with E-state index in [4.69, 9.17) is 28.4 Å². The molecule has 0 spiro atoms. The zero-order valence-electron chi connectivity index (χ0n) is 7.49. The van der Waals surface area contributed by atoms with Crippen molar-refractivity contribution in [1.29, 1.82) is 0 Å². The van der Waals surface area contributed by atoms with Crippen LogP contribution < -0.4 is 0 Å². The Hall–Kier alpha value is 0.712. The maximum atomic E-state index is 9.15. The molecule has 6 nitrogen and oxygen atoms in total. The summed E-state index contributed by atoms with van der Waals surface area (Å²) in [4.78, 5) is 22.7. The maximum absolute atomic E-state index is 9.15. The highest BCUT2D eigenvalue weighted by molar-refractivity contribution is 7.37. The second-order valence-corrected chi connectivity index (χ2v) is 4.18. The standard InChI is InChI=1S/3CH3O2P.Al/c3*1-4(2)3;/h3*1H3;/p+3. The molecule has 0 rings (SSSR count). The summed E-state index contributed by atoms with van der Waals surface area (Å²) in [5.41, 5.74) is 0. The van der Waals surface area contributed by atoms with Crippen LogP contribution in [-0.2, 0) is 13.7 Å². The van der Waals surface area contributed by atoms with Crippen LogP contribution >= 0.6 is 24.1 Å². The second-order valence-electron chi connectivity index (χ2n) is 1.39. The van der Waals surface area contributed by atoms with Gasteiger partial charge in [-0.2, -0.15) is 14.7 Å². The normalized spacial score (nSPS) is 10.2. The molecule has 0 fully saturated rings. The minimum absolute atomic E-state index is 0. The minimum atomic E-state index is -1.87. The molecule has 3 atom stereocenters. The summed E-state index contributed by atoms with van der Waals surface area (Å²) in [5, 5.41) is 0. The average molecular weight is 264 g/mol. The first-order chi connectivity index (χ1) is 5.20. The van der Waals surface area contributed by atoms with Crippen molar-refractivity contribution in [3.63, 3.8) is 0 Å². The van der Waals surface area contributed by atoms with Gasteiger partial charge in [0.15, 0.2) is 20.0 Å². The fourth-order valence-electron chi connectivity index (χ4n) is 0. The Morgan fingerprint density at radius 2 is 0.692 bits per heavy atom. The molecule has 0 aliphatic carbocycles. The van der Waals surface area contributed by atoms with Gasteiger partial charge in [-0.25, -0.2) is 0 Å².